The van der Waals surface area contributed by atoms with Gasteiger partial charge in [0.1, 0.15) is 12.1 Å². The SMILES string of the molecule is Cc1ccccc1-n1c(O)c(C=NCC(=O)O)c(=O)[nH]c1=O. The third-order valence-corrected chi connectivity index (χ3v) is 2.92. The third-order valence-electron chi connectivity index (χ3n) is 2.92. The first-order valence-electron chi connectivity index (χ1n) is 6.27. The molecule has 0 aliphatic rings. The van der Waals surface area contributed by atoms with Gasteiger partial charge in [-0.3, -0.25) is 19.6 Å². The number of para-hydroxylation sites is 1. The van der Waals surface area contributed by atoms with Crippen molar-refractivity contribution in [3.05, 3.63) is 56.2 Å². The molecule has 0 spiro atoms. The topological polar surface area (TPSA) is 125 Å². The van der Waals surface area contributed by atoms with Crippen LogP contribution in [0.15, 0.2) is 38.8 Å². The number of rotatable bonds is 4. The molecule has 1 aromatic carbocycles. The Labute approximate surface area is 124 Å². The van der Waals surface area contributed by atoms with Gasteiger partial charge in [0.2, 0.25) is 5.88 Å². The number of hydrogen-bond acceptors (Lipinski definition) is 5. The van der Waals surface area contributed by atoms with E-state index in [1.807, 2.05) is 0 Å². The molecular formula is C14H13N3O5. The van der Waals surface area contributed by atoms with Crippen LogP contribution in [0.25, 0.3) is 5.69 Å². The number of aryl methyl sites for hydroxylation is 1. The Hall–Kier alpha value is -3.16. The lowest BCUT2D eigenvalue weighted by Crippen LogP contribution is -2.31. The molecule has 0 aliphatic heterocycles. The van der Waals surface area contributed by atoms with Gasteiger partial charge in [-0.25, -0.2) is 9.36 Å². The Bertz CT molecular complexity index is 864. The van der Waals surface area contributed by atoms with Crippen molar-refractivity contribution in [2.24, 2.45) is 4.99 Å². The van der Waals surface area contributed by atoms with Crippen LogP contribution in [-0.2, 0) is 4.79 Å². The number of aromatic hydroxyl groups is 1. The standard InChI is InChI=1S/C14H13N3O5/c1-8-4-2-3-5-10(8)17-13(21)9(6-15-7-11(18)19)12(20)16-14(17)22/h2-6,21H,7H2,1H3,(H,18,19)(H,16,20,22). The zero-order chi connectivity index (χ0) is 16.3. The van der Waals surface area contributed by atoms with Gasteiger partial charge < -0.3 is 10.2 Å². The highest BCUT2D eigenvalue weighted by Gasteiger charge is 2.15. The van der Waals surface area contributed by atoms with E-state index in [-0.39, 0.29) is 5.56 Å². The second kappa shape index (κ2) is 6.08. The van der Waals surface area contributed by atoms with Crippen molar-refractivity contribution in [3.63, 3.8) is 0 Å². The van der Waals surface area contributed by atoms with Gasteiger partial charge in [-0.15, -0.1) is 0 Å². The maximum Gasteiger partial charge on any atom is 0.335 e. The maximum atomic E-state index is 12.0. The Kier molecular flexibility index (Phi) is 4.21. The fourth-order valence-corrected chi connectivity index (χ4v) is 1.91. The number of carboxylic acids is 1. The van der Waals surface area contributed by atoms with Crippen LogP contribution in [0.5, 0.6) is 5.88 Å². The average molecular weight is 303 g/mol. The molecule has 0 saturated carbocycles. The van der Waals surface area contributed by atoms with Gasteiger partial charge in [0.05, 0.1) is 5.69 Å². The van der Waals surface area contributed by atoms with Crippen molar-refractivity contribution in [3.8, 4) is 11.6 Å². The van der Waals surface area contributed by atoms with Gasteiger partial charge in [-0.05, 0) is 18.6 Å². The second-order valence-corrected chi connectivity index (χ2v) is 4.48. The summed E-state index contributed by atoms with van der Waals surface area (Å²) >= 11 is 0. The summed E-state index contributed by atoms with van der Waals surface area (Å²) in [6.07, 6.45) is 0.927. The largest absolute Gasteiger partial charge is 0.493 e. The molecule has 1 aromatic heterocycles. The number of aliphatic imine (C=N–C) groups is 1. The van der Waals surface area contributed by atoms with Gasteiger partial charge in [0, 0.05) is 6.21 Å². The van der Waals surface area contributed by atoms with Crippen LogP contribution < -0.4 is 11.2 Å². The fourth-order valence-electron chi connectivity index (χ4n) is 1.91. The molecular weight excluding hydrogens is 290 g/mol. The molecule has 0 aliphatic carbocycles. The van der Waals surface area contributed by atoms with Crippen LogP contribution in [0.4, 0.5) is 0 Å². The van der Waals surface area contributed by atoms with Crippen molar-refractivity contribution >= 4 is 12.2 Å². The average Bonchev–Trinajstić information content (AvgIpc) is 2.44. The molecule has 22 heavy (non-hydrogen) atoms. The third kappa shape index (κ3) is 2.95. The molecule has 0 atom stereocenters. The lowest BCUT2D eigenvalue weighted by molar-refractivity contribution is -0.135. The lowest BCUT2D eigenvalue weighted by Gasteiger charge is -2.11. The molecule has 0 saturated heterocycles. The Balaban J connectivity index is 2.65. The molecule has 0 amide bonds. The number of H-pyrrole nitrogens is 1. The number of nitrogens with zero attached hydrogens (tertiary/aromatic N) is 2. The van der Waals surface area contributed by atoms with E-state index in [1.54, 1.807) is 31.2 Å². The Morgan fingerprint density at radius 1 is 1.36 bits per heavy atom. The predicted molar refractivity (Wildman–Crippen MR) is 79.2 cm³/mol. The van der Waals surface area contributed by atoms with E-state index >= 15 is 0 Å². The summed E-state index contributed by atoms with van der Waals surface area (Å²) in [5.41, 5.74) is -0.827. The van der Waals surface area contributed by atoms with E-state index < -0.39 is 29.6 Å². The first kappa shape index (κ1) is 15.2. The van der Waals surface area contributed by atoms with Crippen molar-refractivity contribution in [2.45, 2.75) is 6.92 Å². The second-order valence-electron chi connectivity index (χ2n) is 4.48. The highest BCUT2D eigenvalue weighted by atomic mass is 16.4. The Morgan fingerprint density at radius 3 is 2.68 bits per heavy atom. The summed E-state index contributed by atoms with van der Waals surface area (Å²) in [4.78, 5) is 39.7. The number of carbonyl (C=O) groups is 1. The molecule has 8 heteroatoms. The van der Waals surface area contributed by atoms with Gasteiger partial charge in [0.15, 0.2) is 0 Å². The summed E-state index contributed by atoms with van der Waals surface area (Å²) < 4.78 is 0.929. The number of carboxylic acid groups (broad SMARTS) is 1. The minimum absolute atomic E-state index is 0.288. The molecule has 0 fully saturated rings. The van der Waals surface area contributed by atoms with E-state index in [1.165, 1.54) is 0 Å². The summed E-state index contributed by atoms with van der Waals surface area (Å²) in [5, 5.41) is 18.7. The van der Waals surface area contributed by atoms with Crippen molar-refractivity contribution in [1.82, 2.24) is 9.55 Å². The Morgan fingerprint density at radius 2 is 2.05 bits per heavy atom. The van der Waals surface area contributed by atoms with E-state index in [4.69, 9.17) is 5.11 Å². The lowest BCUT2D eigenvalue weighted by atomic mass is 10.2. The van der Waals surface area contributed by atoms with Gasteiger partial charge in [-0.1, -0.05) is 18.2 Å². The summed E-state index contributed by atoms with van der Waals surface area (Å²) in [6, 6.07) is 6.79. The first-order valence-corrected chi connectivity index (χ1v) is 6.27. The number of aromatic nitrogens is 2. The zero-order valence-electron chi connectivity index (χ0n) is 11.6. The maximum absolute atomic E-state index is 12.0. The highest BCUT2D eigenvalue weighted by Crippen LogP contribution is 2.18. The molecule has 3 N–H and O–H groups in total. The number of aliphatic carboxylic acids is 1. The van der Waals surface area contributed by atoms with Gasteiger partial charge in [0.25, 0.3) is 5.56 Å². The van der Waals surface area contributed by atoms with Crippen molar-refractivity contribution in [2.75, 3.05) is 6.54 Å². The minimum atomic E-state index is -1.18. The molecule has 1 heterocycles. The number of benzene rings is 1. The minimum Gasteiger partial charge on any atom is -0.493 e. The van der Waals surface area contributed by atoms with Crippen molar-refractivity contribution < 1.29 is 15.0 Å². The molecule has 2 rings (SSSR count). The number of aromatic amines is 1. The van der Waals surface area contributed by atoms with E-state index in [2.05, 4.69) is 9.98 Å². The van der Waals surface area contributed by atoms with Crippen molar-refractivity contribution in [1.29, 1.82) is 0 Å². The molecule has 114 valence electrons. The predicted octanol–water partition coefficient (Wildman–Crippen LogP) is 0.0433. The molecule has 0 radical (unpaired) electrons. The molecule has 0 unspecified atom stereocenters. The smallest absolute Gasteiger partial charge is 0.335 e. The zero-order valence-corrected chi connectivity index (χ0v) is 11.6. The van der Waals surface area contributed by atoms with Crippen LogP contribution in [-0.4, -0.2) is 38.5 Å². The van der Waals surface area contributed by atoms with Crippen LogP contribution in [0.1, 0.15) is 11.1 Å². The highest BCUT2D eigenvalue weighted by molar-refractivity contribution is 5.84. The van der Waals surface area contributed by atoms with Gasteiger partial charge >= 0.3 is 11.7 Å². The number of nitrogens with one attached hydrogen (secondary N) is 1. The normalized spacial score (nSPS) is 11.0. The molecule has 2 aromatic rings. The van der Waals surface area contributed by atoms with Crippen LogP contribution in [0.2, 0.25) is 0 Å². The summed E-state index contributed by atoms with van der Waals surface area (Å²) in [6.45, 7) is 1.19. The molecule has 0 bridgehead atoms. The summed E-state index contributed by atoms with van der Waals surface area (Å²) in [7, 11) is 0. The summed E-state index contributed by atoms with van der Waals surface area (Å²) in [5.74, 6) is -1.78. The number of hydrogen-bond donors (Lipinski definition) is 3. The van der Waals surface area contributed by atoms with Crippen LogP contribution >= 0.6 is 0 Å². The van der Waals surface area contributed by atoms with Crippen LogP contribution in [0.3, 0.4) is 0 Å². The van der Waals surface area contributed by atoms with E-state index in [9.17, 15) is 19.5 Å². The monoisotopic (exact) mass is 303 g/mol. The van der Waals surface area contributed by atoms with E-state index in [0.29, 0.717) is 11.3 Å². The fraction of sp³-hybridized carbons (Fsp3) is 0.143. The molecule has 8 nitrogen and oxygen atoms in total. The quantitative estimate of drug-likeness (QED) is 0.688. The van der Waals surface area contributed by atoms with Gasteiger partial charge in [-0.2, -0.15) is 0 Å². The van der Waals surface area contributed by atoms with E-state index in [0.717, 1.165) is 10.8 Å². The first-order chi connectivity index (χ1) is 10.4. The van der Waals surface area contributed by atoms with Crippen LogP contribution in [0, 0.1) is 6.92 Å².